The number of halogens is 1. The molecule has 144 valence electrons. The molecular formula is C21H20ClN3O3. The average molecular weight is 398 g/mol. The van der Waals surface area contributed by atoms with Gasteiger partial charge in [0.05, 0.1) is 0 Å². The number of rotatable bonds is 3. The van der Waals surface area contributed by atoms with Crippen LogP contribution in [-0.4, -0.2) is 33.4 Å². The van der Waals surface area contributed by atoms with Gasteiger partial charge in [0.25, 0.3) is 11.8 Å². The number of nitrogens with one attached hydrogen (secondary N) is 1. The molecule has 0 bridgehead atoms. The van der Waals surface area contributed by atoms with E-state index in [2.05, 4.69) is 5.32 Å². The molecule has 0 spiro atoms. The number of aromatic nitrogens is 1. The minimum atomic E-state index is -0.661. The number of hydrogen-bond donors (Lipinski definition) is 1. The lowest BCUT2D eigenvalue weighted by molar-refractivity contribution is -0.132. The zero-order valence-electron chi connectivity index (χ0n) is 15.2. The molecule has 1 N–H and O–H groups in total. The van der Waals surface area contributed by atoms with Crippen molar-refractivity contribution in [1.82, 2.24) is 14.8 Å². The fourth-order valence-corrected chi connectivity index (χ4v) is 3.96. The highest BCUT2D eigenvalue weighted by Gasteiger charge is 2.40. The molecule has 1 aliphatic heterocycles. The molecule has 2 aromatic rings. The molecule has 7 heteroatoms. The summed E-state index contributed by atoms with van der Waals surface area (Å²) in [6.45, 7) is 0. The van der Waals surface area contributed by atoms with Crippen molar-refractivity contribution in [1.29, 1.82) is 0 Å². The Morgan fingerprint density at radius 2 is 1.71 bits per heavy atom. The van der Waals surface area contributed by atoms with Gasteiger partial charge in [0.1, 0.15) is 5.57 Å². The standard InChI is InChI=1S/C21H20ClN3O3/c22-14-8-10-15(11-9-14)24-12-4-7-17(24)13-18-19(26)23-21(28)25(20(18)27)16-5-2-1-3-6-16/h4,7-13,16H,1-3,5-6H2,(H,23,26,28). The van der Waals surface area contributed by atoms with Crippen molar-refractivity contribution in [3.05, 3.63) is 58.9 Å². The first kappa shape index (κ1) is 18.5. The van der Waals surface area contributed by atoms with Gasteiger partial charge >= 0.3 is 6.03 Å². The van der Waals surface area contributed by atoms with E-state index in [9.17, 15) is 14.4 Å². The summed E-state index contributed by atoms with van der Waals surface area (Å²) in [5.41, 5.74) is 1.49. The molecule has 0 atom stereocenters. The Morgan fingerprint density at radius 1 is 1.00 bits per heavy atom. The minimum Gasteiger partial charge on any atom is -0.317 e. The molecule has 1 aliphatic carbocycles. The number of carbonyl (C=O) groups excluding carboxylic acids is 3. The van der Waals surface area contributed by atoms with Crippen molar-refractivity contribution in [3.63, 3.8) is 0 Å². The van der Waals surface area contributed by atoms with Crippen LogP contribution in [0.4, 0.5) is 4.79 Å². The summed E-state index contributed by atoms with van der Waals surface area (Å²) < 4.78 is 1.85. The zero-order chi connectivity index (χ0) is 19.7. The van der Waals surface area contributed by atoms with Gasteiger partial charge in [-0.15, -0.1) is 0 Å². The molecule has 1 aromatic heterocycles. The first-order valence-electron chi connectivity index (χ1n) is 9.38. The van der Waals surface area contributed by atoms with Gasteiger partial charge < -0.3 is 4.57 Å². The predicted octanol–water partition coefficient (Wildman–Crippen LogP) is 3.93. The van der Waals surface area contributed by atoms with Crippen LogP contribution in [0.15, 0.2) is 48.2 Å². The van der Waals surface area contributed by atoms with Crippen molar-refractivity contribution < 1.29 is 14.4 Å². The van der Waals surface area contributed by atoms with Gasteiger partial charge in [0, 0.05) is 28.6 Å². The van der Waals surface area contributed by atoms with E-state index in [1.165, 1.54) is 11.0 Å². The molecule has 28 heavy (non-hydrogen) atoms. The van der Waals surface area contributed by atoms with Gasteiger partial charge in [-0.25, -0.2) is 4.79 Å². The maximum Gasteiger partial charge on any atom is 0.331 e. The lowest BCUT2D eigenvalue weighted by atomic mass is 9.93. The molecule has 0 radical (unpaired) electrons. The van der Waals surface area contributed by atoms with Gasteiger partial charge in [-0.2, -0.15) is 0 Å². The van der Waals surface area contributed by atoms with Crippen molar-refractivity contribution in [3.8, 4) is 5.69 Å². The van der Waals surface area contributed by atoms with Crippen molar-refractivity contribution in [2.24, 2.45) is 0 Å². The zero-order valence-corrected chi connectivity index (χ0v) is 16.0. The Bertz CT molecular complexity index is 956. The molecule has 1 saturated heterocycles. The third kappa shape index (κ3) is 3.47. The van der Waals surface area contributed by atoms with Gasteiger partial charge in [-0.1, -0.05) is 30.9 Å². The van der Waals surface area contributed by atoms with Crippen LogP contribution in [0.25, 0.3) is 11.8 Å². The summed E-state index contributed by atoms with van der Waals surface area (Å²) in [7, 11) is 0. The van der Waals surface area contributed by atoms with Crippen molar-refractivity contribution >= 4 is 35.5 Å². The van der Waals surface area contributed by atoms with Crippen LogP contribution in [0.1, 0.15) is 37.8 Å². The Kier molecular flexibility index (Phi) is 5.05. The first-order chi connectivity index (χ1) is 13.5. The molecule has 4 rings (SSSR count). The van der Waals surface area contributed by atoms with Gasteiger partial charge in [0.2, 0.25) is 0 Å². The summed E-state index contributed by atoms with van der Waals surface area (Å²) in [5, 5.41) is 2.94. The smallest absolute Gasteiger partial charge is 0.317 e. The molecule has 6 nitrogen and oxygen atoms in total. The molecular weight excluding hydrogens is 378 g/mol. The van der Waals surface area contributed by atoms with Crippen molar-refractivity contribution in [2.45, 2.75) is 38.1 Å². The van der Waals surface area contributed by atoms with Gasteiger partial charge in [-0.3, -0.25) is 19.8 Å². The van der Waals surface area contributed by atoms with E-state index >= 15 is 0 Å². The number of hydrogen-bond acceptors (Lipinski definition) is 3. The molecule has 1 saturated carbocycles. The van der Waals surface area contributed by atoms with E-state index in [1.807, 2.05) is 35.0 Å². The Morgan fingerprint density at radius 3 is 2.43 bits per heavy atom. The number of amides is 4. The normalized spacial score (nSPS) is 20.0. The number of carbonyl (C=O) groups is 3. The van der Waals surface area contributed by atoms with Crippen LogP contribution in [0.5, 0.6) is 0 Å². The van der Waals surface area contributed by atoms with Crippen LogP contribution in [0.2, 0.25) is 5.02 Å². The monoisotopic (exact) mass is 397 g/mol. The van der Waals surface area contributed by atoms with E-state index in [0.29, 0.717) is 10.7 Å². The Balaban J connectivity index is 1.68. The summed E-state index contributed by atoms with van der Waals surface area (Å²) >= 11 is 5.95. The Hall–Kier alpha value is -2.86. The molecule has 1 aromatic carbocycles. The number of nitrogens with zero attached hydrogens (tertiary/aromatic N) is 2. The molecule has 0 unspecified atom stereocenters. The van der Waals surface area contributed by atoms with E-state index in [1.54, 1.807) is 12.1 Å². The third-order valence-corrected chi connectivity index (χ3v) is 5.50. The number of benzene rings is 1. The summed E-state index contributed by atoms with van der Waals surface area (Å²) in [6, 6.07) is 10.1. The van der Waals surface area contributed by atoms with Crippen LogP contribution in [-0.2, 0) is 9.59 Å². The second kappa shape index (κ2) is 7.64. The minimum absolute atomic E-state index is 0.0286. The average Bonchev–Trinajstić information content (AvgIpc) is 3.15. The molecule has 4 amide bonds. The maximum atomic E-state index is 13.0. The lowest BCUT2D eigenvalue weighted by Gasteiger charge is -2.35. The fraction of sp³-hybridized carbons (Fsp3) is 0.286. The summed E-state index contributed by atoms with van der Waals surface area (Å²) in [4.78, 5) is 38.9. The van der Waals surface area contributed by atoms with Gasteiger partial charge in [0.15, 0.2) is 0 Å². The number of barbiturate groups is 1. The third-order valence-electron chi connectivity index (χ3n) is 5.25. The maximum absolute atomic E-state index is 13.0. The largest absolute Gasteiger partial charge is 0.331 e. The van der Waals surface area contributed by atoms with E-state index in [0.717, 1.165) is 37.8 Å². The molecule has 2 aliphatic rings. The first-order valence-corrected chi connectivity index (χ1v) is 9.76. The Labute approximate surface area is 167 Å². The highest BCUT2D eigenvalue weighted by atomic mass is 35.5. The fourth-order valence-electron chi connectivity index (χ4n) is 3.84. The van der Waals surface area contributed by atoms with Gasteiger partial charge in [-0.05, 0) is 55.3 Å². The number of imide groups is 2. The van der Waals surface area contributed by atoms with Crippen LogP contribution in [0, 0.1) is 0 Å². The topological polar surface area (TPSA) is 71.4 Å². The second-order valence-electron chi connectivity index (χ2n) is 7.06. The highest BCUT2D eigenvalue weighted by Crippen LogP contribution is 2.27. The molecule has 2 fully saturated rings. The SMILES string of the molecule is O=C1NC(=O)N(C2CCCCC2)C(=O)C1=Cc1cccn1-c1ccc(Cl)cc1. The summed E-state index contributed by atoms with van der Waals surface area (Å²) in [6.07, 6.45) is 8.00. The molecule has 2 heterocycles. The summed E-state index contributed by atoms with van der Waals surface area (Å²) in [5.74, 6) is -1.18. The van der Waals surface area contributed by atoms with E-state index in [4.69, 9.17) is 11.6 Å². The van der Waals surface area contributed by atoms with Crippen LogP contribution >= 0.6 is 11.6 Å². The van der Waals surface area contributed by atoms with Crippen LogP contribution < -0.4 is 5.32 Å². The number of urea groups is 1. The lowest BCUT2D eigenvalue weighted by Crippen LogP contribution is -2.58. The highest BCUT2D eigenvalue weighted by molar-refractivity contribution is 6.31. The van der Waals surface area contributed by atoms with E-state index < -0.39 is 17.8 Å². The van der Waals surface area contributed by atoms with E-state index in [-0.39, 0.29) is 11.6 Å². The predicted molar refractivity (Wildman–Crippen MR) is 106 cm³/mol. The van der Waals surface area contributed by atoms with Crippen molar-refractivity contribution in [2.75, 3.05) is 0 Å². The van der Waals surface area contributed by atoms with Crippen LogP contribution in [0.3, 0.4) is 0 Å². The second-order valence-corrected chi connectivity index (χ2v) is 7.50. The quantitative estimate of drug-likeness (QED) is 0.630.